The Morgan fingerprint density at radius 3 is 2.68 bits per heavy atom. The Kier molecular flexibility index (Phi) is 3.92. The molecule has 0 saturated heterocycles. The van der Waals surface area contributed by atoms with Gasteiger partial charge in [-0.15, -0.1) is 0 Å². The van der Waals surface area contributed by atoms with Crippen LogP contribution < -0.4 is 5.32 Å². The van der Waals surface area contributed by atoms with Gasteiger partial charge in [0.25, 0.3) is 5.91 Å². The van der Waals surface area contributed by atoms with E-state index in [1.807, 2.05) is 26.0 Å². The number of hydrogen-bond acceptors (Lipinski definition) is 3. The first-order chi connectivity index (χ1) is 9.10. The number of hydrogen-bond donors (Lipinski definition) is 2. The topological polar surface area (TPSA) is 62.2 Å². The molecule has 0 saturated carbocycles. The average Bonchev–Trinajstić information content (AvgIpc) is 2.42. The molecule has 1 heterocycles. The summed E-state index contributed by atoms with van der Waals surface area (Å²) in [5, 5.41) is 11.9. The zero-order valence-corrected chi connectivity index (χ0v) is 11.0. The smallest absolute Gasteiger partial charge is 0.257 e. The highest BCUT2D eigenvalue weighted by Gasteiger charge is 2.08. The Bertz CT molecular complexity index is 592. The fraction of sp³-hybridized carbons (Fsp3) is 0.200. The average molecular weight is 256 g/mol. The lowest BCUT2D eigenvalue weighted by molar-refractivity contribution is 0.102. The fourth-order valence-corrected chi connectivity index (χ4v) is 1.70. The van der Waals surface area contributed by atoms with Crippen molar-refractivity contribution in [3.8, 4) is 0 Å². The van der Waals surface area contributed by atoms with Crippen LogP contribution in [0.3, 0.4) is 0 Å². The highest BCUT2D eigenvalue weighted by Crippen LogP contribution is 2.18. The van der Waals surface area contributed by atoms with E-state index < -0.39 is 0 Å². The molecule has 1 aromatic carbocycles. The van der Waals surface area contributed by atoms with Crippen LogP contribution in [0.25, 0.3) is 0 Å². The van der Waals surface area contributed by atoms with Gasteiger partial charge < -0.3 is 10.4 Å². The molecule has 0 bridgehead atoms. The molecule has 0 fully saturated rings. The van der Waals surface area contributed by atoms with Crippen molar-refractivity contribution < 1.29 is 9.90 Å². The van der Waals surface area contributed by atoms with Crippen molar-refractivity contribution in [2.45, 2.75) is 20.5 Å². The van der Waals surface area contributed by atoms with Gasteiger partial charge in [-0.1, -0.05) is 12.1 Å². The van der Waals surface area contributed by atoms with Crippen LogP contribution in [-0.4, -0.2) is 16.0 Å². The number of rotatable bonds is 3. The second-order valence-corrected chi connectivity index (χ2v) is 4.45. The molecule has 0 atom stereocenters. The highest BCUT2D eigenvalue weighted by molar-refractivity contribution is 6.04. The number of carbonyl (C=O) groups excluding carboxylic acids is 1. The zero-order chi connectivity index (χ0) is 13.8. The summed E-state index contributed by atoms with van der Waals surface area (Å²) in [5.74, 6) is -0.203. The third-order valence-corrected chi connectivity index (χ3v) is 2.91. The van der Waals surface area contributed by atoms with Gasteiger partial charge in [0.05, 0.1) is 12.2 Å². The summed E-state index contributed by atoms with van der Waals surface area (Å²) in [6.45, 7) is 3.73. The lowest BCUT2D eigenvalue weighted by atomic mass is 10.1. The summed E-state index contributed by atoms with van der Waals surface area (Å²) in [7, 11) is 0. The van der Waals surface area contributed by atoms with Crippen molar-refractivity contribution >= 4 is 11.6 Å². The van der Waals surface area contributed by atoms with E-state index in [-0.39, 0.29) is 12.5 Å². The lowest BCUT2D eigenvalue weighted by Gasteiger charge is -2.10. The monoisotopic (exact) mass is 256 g/mol. The molecule has 0 aliphatic heterocycles. The largest absolute Gasteiger partial charge is 0.392 e. The summed E-state index contributed by atoms with van der Waals surface area (Å²) >= 11 is 0. The predicted octanol–water partition coefficient (Wildman–Crippen LogP) is 2.44. The van der Waals surface area contributed by atoms with Gasteiger partial charge in [-0.2, -0.15) is 0 Å². The molecule has 4 nitrogen and oxygen atoms in total. The van der Waals surface area contributed by atoms with Gasteiger partial charge in [0.2, 0.25) is 0 Å². The molecular weight excluding hydrogens is 240 g/mol. The van der Waals surface area contributed by atoms with Gasteiger partial charge in [0.1, 0.15) is 0 Å². The molecule has 19 heavy (non-hydrogen) atoms. The van der Waals surface area contributed by atoms with Crippen molar-refractivity contribution in [3.63, 3.8) is 0 Å². The molecule has 2 N–H and O–H groups in total. The van der Waals surface area contributed by atoms with Crippen molar-refractivity contribution in [3.05, 3.63) is 58.9 Å². The van der Waals surface area contributed by atoms with Crippen LogP contribution in [0.15, 0.2) is 36.5 Å². The van der Waals surface area contributed by atoms with Gasteiger partial charge in [-0.25, -0.2) is 0 Å². The van der Waals surface area contributed by atoms with Crippen molar-refractivity contribution in [1.29, 1.82) is 0 Å². The van der Waals surface area contributed by atoms with E-state index in [4.69, 9.17) is 5.11 Å². The number of aliphatic hydroxyl groups is 1. The van der Waals surface area contributed by atoms with Crippen LogP contribution in [0.1, 0.15) is 27.2 Å². The second-order valence-electron chi connectivity index (χ2n) is 4.45. The number of anilines is 1. The molecule has 2 rings (SSSR count). The van der Waals surface area contributed by atoms with Crippen LogP contribution in [0.4, 0.5) is 5.69 Å². The fourth-order valence-electron chi connectivity index (χ4n) is 1.70. The number of carbonyl (C=O) groups is 1. The molecule has 0 radical (unpaired) electrons. The minimum absolute atomic E-state index is 0.0464. The number of aryl methyl sites for hydroxylation is 2. The molecule has 2 aromatic rings. The minimum Gasteiger partial charge on any atom is -0.392 e. The molecule has 0 unspecified atom stereocenters. The highest BCUT2D eigenvalue weighted by atomic mass is 16.3. The van der Waals surface area contributed by atoms with Crippen molar-refractivity contribution in [2.75, 3.05) is 5.32 Å². The number of pyridine rings is 1. The molecular formula is C15H16N2O2. The number of nitrogens with zero attached hydrogens (tertiary/aromatic N) is 1. The molecule has 0 spiro atoms. The molecule has 1 aromatic heterocycles. The number of aromatic nitrogens is 1. The van der Waals surface area contributed by atoms with Gasteiger partial charge in [-0.05, 0) is 43.2 Å². The first-order valence-electron chi connectivity index (χ1n) is 6.04. The Morgan fingerprint density at radius 1 is 1.26 bits per heavy atom. The van der Waals surface area contributed by atoms with Crippen LogP contribution in [0, 0.1) is 13.8 Å². The van der Waals surface area contributed by atoms with E-state index >= 15 is 0 Å². The van der Waals surface area contributed by atoms with E-state index in [9.17, 15) is 4.79 Å². The van der Waals surface area contributed by atoms with E-state index in [0.717, 1.165) is 16.8 Å². The van der Waals surface area contributed by atoms with Crippen LogP contribution in [0.2, 0.25) is 0 Å². The number of amides is 1. The maximum atomic E-state index is 12.1. The summed E-state index contributed by atoms with van der Waals surface area (Å²) < 4.78 is 0. The molecule has 0 aliphatic rings. The summed E-state index contributed by atoms with van der Waals surface area (Å²) in [6.07, 6.45) is 1.55. The first-order valence-corrected chi connectivity index (χ1v) is 6.04. The van der Waals surface area contributed by atoms with Crippen LogP contribution in [0.5, 0.6) is 0 Å². The number of aliphatic hydroxyl groups excluding tert-OH is 1. The van der Waals surface area contributed by atoms with Crippen LogP contribution in [-0.2, 0) is 6.61 Å². The van der Waals surface area contributed by atoms with E-state index in [0.29, 0.717) is 11.3 Å². The maximum Gasteiger partial charge on any atom is 0.257 e. The zero-order valence-electron chi connectivity index (χ0n) is 11.0. The molecule has 98 valence electrons. The Labute approximate surface area is 112 Å². The normalized spacial score (nSPS) is 10.3. The lowest BCUT2D eigenvalue weighted by Crippen LogP contribution is -2.13. The maximum absolute atomic E-state index is 12.1. The minimum atomic E-state index is -0.203. The Balaban J connectivity index is 2.21. The van der Waals surface area contributed by atoms with Crippen molar-refractivity contribution in [1.82, 2.24) is 4.98 Å². The number of benzene rings is 1. The van der Waals surface area contributed by atoms with E-state index in [1.165, 1.54) is 0 Å². The SMILES string of the molecule is Cc1ccc(C(=O)Nc2cc(CO)ccc2C)cn1. The van der Waals surface area contributed by atoms with E-state index in [2.05, 4.69) is 10.3 Å². The van der Waals surface area contributed by atoms with Gasteiger partial charge in [-0.3, -0.25) is 9.78 Å². The molecule has 4 heteroatoms. The molecule has 1 amide bonds. The Hall–Kier alpha value is -2.20. The molecule has 0 aliphatic carbocycles. The third-order valence-electron chi connectivity index (χ3n) is 2.91. The van der Waals surface area contributed by atoms with E-state index in [1.54, 1.807) is 24.4 Å². The van der Waals surface area contributed by atoms with Gasteiger partial charge in [0.15, 0.2) is 0 Å². The Morgan fingerprint density at radius 2 is 2.05 bits per heavy atom. The summed E-state index contributed by atoms with van der Waals surface area (Å²) in [4.78, 5) is 16.2. The predicted molar refractivity (Wildman–Crippen MR) is 74.0 cm³/mol. The first kappa shape index (κ1) is 13.2. The van der Waals surface area contributed by atoms with Gasteiger partial charge >= 0.3 is 0 Å². The number of nitrogens with one attached hydrogen (secondary N) is 1. The second kappa shape index (κ2) is 5.63. The quantitative estimate of drug-likeness (QED) is 0.886. The third kappa shape index (κ3) is 3.17. The van der Waals surface area contributed by atoms with Crippen LogP contribution >= 0.6 is 0 Å². The van der Waals surface area contributed by atoms with Gasteiger partial charge in [0, 0.05) is 17.6 Å². The summed E-state index contributed by atoms with van der Waals surface area (Å²) in [5.41, 5.74) is 3.81. The van der Waals surface area contributed by atoms with Crippen molar-refractivity contribution in [2.24, 2.45) is 0 Å². The standard InChI is InChI=1S/C15H16N2O2/c1-10-3-5-12(9-18)7-14(10)17-15(19)13-6-4-11(2)16-8-13/h3-8,18H,9H2,1-2H3,(H,17,19). The summed E-state index contributed by atoms with van der Waals surface area (Å²) in [6, 6.07) is 9.01.